The third-order valence-corrected chi connectivity index (χ3v) is 9.44. The van der Waals surface area contributed by atoms with E-state index in [1.165, 1.54) is 18.2 Å². The average molecular weight is 608 g/mol. The monoisotopic (exact) mass is 607 g/mol. The van der Waals surface area contributed by atoms with Crippen LogP contribution in [0.25, 0.3) is 22.2 Å². The third-order valence-electron chi connectivity index (χ3n) is 8.33. The Hall–Kier alpha value is -3.87. The number of hydrogen-bond acceptors (Lipinski definition) is 8. The molecule has 0 unspecified atom stereocenters. The molecule has 3 heterocycles. The number of nitrogens with one attached hydrogen (secondary N) is 3. The zero-order valence-electron chi connectivity index (χ0n) is 25.3. The van der Waals surface area contributed by atoms with Crippen LogP contribution in [-0.4, -0.2) is 83.6 Å². The summed E-state index contributed by atoms with van der Waals surface area (Å²) in [6.45, 7) is 9.95. The lowest BCUT2D eigenvalue weighted by molar-refractivity contribution is -0.123. The van der Waals surface area contributed by atoms with Crippen LogP contribution in [0, 0.1) is 12.7 Å². The van der Waals surface area contributed by atoms with Crippen LogP contribution in [0.2, 0.25) is 0 Å². The molecule has 2 aromatic heterocycles. The topological polar surface area (TPSA) is 123 Å². The van der Waals surface area contributed by atoms with Crippen LogP contribution in [0.15, 0.2) is 53.7 Å². The van der Waals surface area contributed by atoms with Gasteiger partial charge in [0.1, 0.15) is 4.90 Å². The van der Waals surface area contributed by atoms with Crippen molar-refractivity contribution >= 4 is 44.0 Å². The molecule has 10 nitrogen and oxygen atoms in total. The molecule has 0 bridgehead atoms. The molecule has 4 aromatic rings. The Labute approximate surface area is 251 Å². The minimum atomic E-state index is -3.75. The fourth-order valence-electron chi connectivity index (χ4n) is 5.77. The van der Waals surface area contributed by atoms with E-state index in [1.807, 2.05) is 38.2 Å². The number of aromatic amines is 1. The number of nitrogens with zero attached hydrogens (tertiary/aromatic N) is 4. The number of carbonyl (C=O) groups excluding carboxylic acids is 1. The van der Waals surface area contributed by atoms with Gasteiger partial charge in [0.15, 0.2) is 15.7 Å². The van der Waals surface area contributed by atoms with E-state index in [9.17, 15) is 17.6 Å². The van der Waals surface area contributed by atoms with Crippen LogP contribution in [0.1, 0.15) is 32.8 Å². The van der Waals surface area contributed by atoms with Crippen molar-refractivity contribution in [2.75, 3.05) is 37.0 Å². The highest BCUT2D eigenvalue weighted by molar-refractivity contribution is 7.90. The number of halogens is 1. The summed E-state index contributed by atoms with van der Waals surface area (Å²) < 4.78 is 38.9. The zero-order valence-corrected chi connectivity index (χ0v) is 26.1. The van der Waals surface area contributed by atoms with E-state index in [0.29, 0.717) is 29.9 Å². The molecule has 1 aliphatic rings. The van der Waals surface area contributed by atoms with E-state index in [4.69, 9.17) is 0 Å². The molecule has 1 saturated heterocycles. The van der Waals surface area contributed by atoms with E-state index in [0.717, 1.165) is 41.4 Å². The molecule has 3 atom stereocenters. The summed E-state index contributed by atoms with van der Waals surface area (Å²) in [5.74, 6) is -0.822. The number of aryl methyl sites for hydroxylation is 1. The van der Waals surface area contributed by atoms with Gasteiger partial charge < -0.3 is 15.6 Å². The van der Waals surface area contributed by atoms with E-state index in [-0.39, 0.29) is 23.6 Å². The first-order chi connectivity index (χ1) is 20.4. The van der Waals surface area contributed by atoms with Crippen LogP contribution in [0.3, 0.4) is 0 Å². The van der Waals surface area contributed by atoms with E-state index < -0.39 is 20.5 Å². The number of hydrogen-bond donors (Lipinski definition) is 3. The summed E-state index contributed by atoms with van der Waals surface area (Å²) in [7, 11) is -1.62. The standard InChI is InChI=1S/C31H38FN7O3S/c1-7-25(39-16-19(3)38(5)20(4)17-39)30(40)35-24-12-8-10-21-22(15-33-29(21)24)28-18(2)14-34-31(37-28)36-23-11-9-13-26(27(23)32)43(6,41)42/h8-15,19-20,25,33H,7,16-17H2,1-6H3,(H,35,40)(H,34,36,37)/t19-,20-,25-/m0/s1. The zero-order chi connectivity index (χ0) is 31.1. The predicted octanol–water partition coefficient (Wildman–Crippen LogP) is 4.96. The number of para-hydroxylation sites is 1. The van der Waals surface area contributed by atoms with Crippen LogP contribution in [0.5, 0.6) is 0 Å². The number of likely N-dealkylation sites (N-methyl/N-ethyl adjacent to an activating group) is 1. The molecular formula is C31H38FN7O3S. The lowest BCUT2D eigenvalue weighted by atomic mass is 10.0. The first-order valence-electron chi connectivity index (χ1n) is 14.4. The largest absolute Gasteiger partial charge is 0.359 e. The van der Waals surface area contributed by atoms with E-state index >= 15 is 0 Å². The van der Waals surface area contributed by atoms with Gasteiger partial charge in [0.2, 0.25) is 11.9 Å². The van der Waals surface area contributed by atoms with Crippen molar-refractivity contribution in [2.24, 2.45) is 0 Å². The van der Waals surface area contributed by atoms with Crippen molar-refractivity contribution < 1.29 is 17.6 Å². The van der Waals surface area contributed by atoms with Gasteiger partial charge in [0.05, 0.1) is 28.6 Å². The van der Waals surface area contributed by atoms with E-state index in [2.05, 4.69) is 56.3 Å². The summed E-state index contributed by atoms with van der Waals surface area (Å²) in [5.41, 5.74) is 3.58. The van der Waals surface area contributed by atoms with Gasteiger partial charge in [-0.2, -0.15) is 0 Å². The fraction of sp³-hybridized carbons (Fsp3) is 0.387. The number of H-pyrrole nitrogens is 1. The lowest BCUT2D eigenvalue weighted by Crippen LogP contribution is -2.59. The smallest absolute Gasteiger partial charge is 0.241 e. The molecule has 1 amide bonds. The lowest BCUT2D eigenvalue weighted by Gasteiger charge is -2.45. The molecule has 0 radical (unpaired) electrons. The Balaban J connectivity index is 1.42. The van der Waals surface area contributed by atoms with Crippen molar-refractivity contribution in [3.8, 4) is 11.3 Å². The predicted molar refractivity (Wildman–Crippen MR) is 168 cm³/mol. The molecule has 228 valence electrons. The Morgan fingerprint density at radius 1 is 1.14 bits per heavy atom. The van der Waals surface area contributed by atoms with Crippen molar-refractivity contribution in [3.05, 3.63) is 60.2 Å². The van der Waals surface area contributed by atoms with Crippen LogP contribution in [0.4, 0.5) is 21.7 Å². The van der Waals surface area contributed by atoms with Gasteiger partial charge in [-0.3, -0.25) is 14.6 Å². The number of rotatable bonds is 8. The van der Waals surface area contributed by atoms with Gasteiger partial charge >= 0.3 is 0 Å². The van der Waals surface area contributed by atoms with Crippen LogP contribution < -0.4 is 10.6 Å². The highest BCUT2D eigenvalue weighted by atomic mass is 32.2. The van der Waals surface area contributed by atoms with Crippen molar-refractivity contribution in [1.82, 2.24) is 24.8 Å². The number of anilines is 3. The maximum absolute atomic E-state index is 15.0. The highest BCUT2D eigenvalue weighted by Crippen LogP contribution is 2.34. The number of sulfone groups is 1. The summed E-state index contributed by atoms with van der Waals surface area (Å²) >= 11 is 0. The summed E-state index contributed by atoms with van der Waals surface area (Å²) in [5, 5.41) is 6.83. The van der Waals surface area contributed by atoms with Crippen molar-refractivity contribution in [3.63, 3.8) is 0 Å². The maximum atomic E-state index is 15.0. The first kappa shape index (κ1) is 30.6. The molecule has 0 aliphatic carbocycles. The molecule has 1 fully saturated rings. The summed E-state index contributed by atoms with van der Waals surface area (Å²) in [4.78, 5) is 30.0. The molecule has 5 rings (SSSR count). The summed E-state index contributed by atoms with van der Waals surface area (Å²) in [6.07, 6.45) is 5.10. The number of piperazine rings is 1. The molecule has 0 saturated carbocycles. The second-order valence-corrected chi connectivity index (χ2v) is 13.4. The summed E-state index contributed by atoms with van der Waals surface area (Å²) in [6, 6.07) is 10.3. The Morgan fingerprint density at radius 2 is 1.81 bits per heavy atom. The molecule has 12 heteroatoms. The number of carbonyl (C=O) groups is 1. The van der Waals surface area contributed by atoms with E-state index in [1.54, 1.807) is 6.20 Å². The maximum Gasteiger partial charge on any atom is 0.241 e. The normalized spacial score (nSPS) is 19.0. The van der Waals surface area contributed by atoms with Gasteiger partial charge in [0.25, 0.3) is 0 Å². The number of amides is 1. The molecular weight excluding hydrogens is 569 g/mol. The fourth-order valence-corrected chi connectivity index (χ4v) is 6.53. The van der Waals surface area contributed by atoms with Crippen molar-refractivity contribution in [1.29, 1.82) is 0 Å². The SMILES string of the molecule is CC[C@@H](C(=O)Nc1cccc2c(-c3nc(Nc4cccc(S(C)(=O)=O)c4F)ncc3C)c[nH]c12)N1C[C@H](C)N(C)[C@@H](C)C1. The number of benzene rings is 2. The average Bonchev–Trinajstić information content (AvgIpc) is 3.38. The molecule has 1 aliphatic heterocycles. The van der Waals surface area contributed by atoms with Gasteiger partial charge in [-0.05, 0) is 58.0 Å². The van der Waals surface area contributed by atoms with Crippen LogP contribution in [-0.2, 0) is 14.6 Å². The third kappa shape index (κ3) is 6.13. The van der Waals surface area contributed by atoms with Gasteiger partial charge in [0, 0.05) is 54.8 Å². The number of aromatic nitrogens is 3. The molecule has 0 spiro atoms. The number of fused-ring (bicyclic) bond motifs is 1. The molecule has 2 aromatic carbocycles. The Kier molecular flexibility index (Phi) is 8.55. The second-order valence-electron chi connectivity index (χ2n) is 11.4. The second kappa shape index (κ2) is 12.0. The highest BCUT2D eigenvalue weighted by Gasteiger charge is 2.33. The van der Waals surface area contributed by atoms with Gasteiger partial charge in [-0.25, -0.2) is 22.8 Å². The Morgan fingerprint density at radius 3 is 2.49 bits per heavy atom. The minimum Gasteiger partial charge on any atom is -0.359 e. The van der Waals surface area contributed by atoms with Gasteiger partial charge in [-0.1, -0.05) is 25.1 Å². The quantitative estimate of drug-likeness (QED) is 0.257. The van der Waals surface area contributed by atoms with Gasteiger partial charge in [-0.15, -0.1) is 0 Å². The Bertz CT molecular complexity index is 1760. The first-order valence-corrected chi connectivity index (χ1v) is 16.2. The molecule has 43 heavy (non-hydrogen) atoms. The minimum absolute atomic E-state index is 0.0434. The van der Waals surface area contributed by atoms with Crippen molar-refractivity contribution in [2.45, 2.75) is 57.1 Å². The molecule has 3 N–H and O–H groups in total. The van der Waals surface area contributed by atoms with Crippen LogP contribution >= 0.6 is 0 Å².